The van der Waals surface area contributed by atoms with Crippen LogP contribution in [0.15, 0.2) is 107 Å². The highest BCUT2D eigenvalue weighted by molar-refractivity contribution is 7.85. The number of carbonyl (C=O) groups is 1. The molecule has 1 aromatic heterocycles. The van der Waals surface area contributed by atoms with Crippen LogP contribution in [0.25, 0.3) is 0 Å². The van der Waals surface area contributed by atoms with Crippen LogP contribution in [0.3, 0.4) is 0 Å². The lowest BCUT2D eigenvalue weighted by Gasteiger charge is -2.19. The molecule has 4 aromatic rings. The van der Waals surface area contributed by atoms with Gasteiger partial charge in [0.1, 0.15) is 15.8 Å². The van der Waals surface area contributed by atoms with E-state index in [9.17, 15) is 9.00 Å². The molecule has 0 spiro atoms. The summed E-state index contributed by atoms with van der Waals surface area (Å²) < 4.78 is 14.7. The van der Waals surface area contributed by atoms with Crippen LogP contribution < -0.4 is 0 Å². The van der Waals surface area contributed by atoms with Gasteiger partial charge in [0.05, 0.1) is 0 Å². The Morgan fingerprint density at radius 3 is 2.00 bits per heavy atom. The van der Waals surface area contributed by atoms with Crippen molar-refractivity contribution in [2.45, 2.75) is 36.1 Å². The monoisotopic (exact) mass is 427 g/mol. The highest BCUT2D eigenvalue weighted by atomic mass is 32.2. The number of nitrogens with zero attached hydrogens (tertiary/aromatic N) is 1. The Hall–Kier alpha value is -3.24. The van der Waals surface area contributed by atoms with Crippen LogP contribution in [0.1, 0.15) is 39.4 Å². The number of aryl methyl sites for hydroxylation is 2. The van der Waals surface area contributed by atoms with Gasteiger partial charge in [0, 0.05) is 23.4 Å². The predicted octanol–water partition coefficient (Wildman–Crippen LogP) is 6.13. The first-order chi connectivity index (χ1) is 15.0. The third-order valence-corrected chi connectivity index (χ3v) is 6.88. The molecule has 2 atom stereocenters. The number of hydrogen-bond acceptors (Lipinski definition) is 2. The van der Waals surface area contributed by atoms with E-state index in [2.05, 4.69) is 43.3 Å². The van der Waals surface area contributed by atoms with E-state index in [0.29, 0.717) is 16.3 Å². The molecule has 3 aromatic carbocycles. The topological polar surface area (TPSA) is 39.1 Å². The second kappa shape index (κ2) is 9.27. The molecule has 0 saturated heterocycles. The van der Waals surface area contributed by atoms with Crippen molar-refractivity contribution >= 4 is 16.7 Å². The van der Waals surface area contributed by atoms with Gasteiger partial charge in [-0.05, 0) is 49.2 Å². The number of hydrogen-bond donors (Lipinski definition) is 0. The zero-order valence-corrected chi connectivity index (χ0v) is 18.5. The maximum absolute atomic E-state index is 13.4. The third-order valence-electron chi connectivity index (χ3n) is 5.47. The molecule has 0 aliphatic rings. The van der Waals surface area contributed by atoms with Crippen molar-refractivity contribution in [1.82, 2.24) is 4.57 Å². The van der Waals surface area contributed by atoms with E-state index >= 15 is 0 Å². The van der Waals surface area contributed by atoms with E-state index in [4.69, 9.17) is 0 Å². The number of carbonyl (C=O) groups excluding carboxylic acids is 1. The molecule has 0 aliphatic carbocycles. The highest BCUT2D eigenvalue weighted by Crippen LogP contribution is 2.29. The Labute approximate surface area is 185 Å². The normalized spacial score (nSPS) is 13.0. The summed E-state index contributed by atoms with van der Waals surface area (Å²) in [4.78, 5) is 14.1. The first-order valence-electron chi connectivity index (χ1n) is 10.3. The van der Waals surface area contributed by atoms with Gasteiger partial charge in [-0.2, -0.15) is 0 Å². The lowest BCUT2D eigenvalue weighted by molar-refractivity contribution is 0.0887. The van der Waals surface area contributed by atoms with Crippen LogP contribution in [-0.2, 0) is 10.8 Å². The van der Waals surface area contributed by atoms with Crippen LogP contribution in [-0.4, -0.2) is 14.7 Å². The van der Waals surface area contributed by atoms with Crippen molar-refractivity contribution in [3.05, 3.63) is 119 Å². The van der Waals surface area contributed by atoms with E-state index in [-0.39, 0.29) is 11.8 Å². The molecular weight excluding hydrogens is 402 g/mol. The molecule has 156 valence electrons. The Morgan fingerprint density at radius 1 is 0.774 bits per heavy atom. The molecule has 0 radical (unpaired) electrons. The van der Waals surface area contributed by atoms with Gasteiger partial charge in [0.2, 0.25) is 5.91 Å². The van der Waals surface area contributed by atoms with Gasteiger partial charge in [0.25, 0.3) is 0 Å². The van der Waals surface area contributed by atoms with Gasteiger partial charge in [0.15, 0.2) is 0 Å². The minimum atomic E-state index is -1.42. The molecule has 31 heavy (non-hydrogen) atoms. The van der Waals surface area contributed by atoms with Gasteiger partial charge < -0.3 is 0 Å². The van der Waals surface area contributed by atoms with Gasteiger partial charge in [-0.3, -0.25) is 9.36 Å². The van der Waals surface area contributed by atoms with E-state index in [0.717, 1.165) is 16.7 Å². The molecule has 0 N–H and O–H groups in total. The zero-order valence-electron chi connectivity index (χ0n) is 17.7. The van der Waals surface area contributed by atoms with Crippen molar-refractivity contribution in [2.24, 2.45) is 0 Å². The van der Waals surface area contributed by atoms with Crippen molar-refractivity contribution in [1.29, 1.82) is 0 Å². The van der Waals surface area contributed by atoms with Crippen LogP contribution in [0, 0.1) is 13.8 Å². The van der Waals surface area contributed by atoms with Gasteiger partial charge >= 0.3 is 0 Å². The maximum Gasteiger partial charge on any atom is 0.232 e. The van der Waals surface area contributed by atoms with E-state index < -0.39 is 10.8 Å². The predicted molar refractivity (Wildman–Crippen MR) is 125 cm³/mol. The summed E-state index contributed by atoms with van der Waals surface area (Å²) in [5, 5.41) is 0.504. The van der Waals surface area contributed by atoms with Crippen molar-refractivity contribution in [3.63, 3.8) is 0 Å². The first-order valence-corrected chi connectivity index (χ1v) is 11.5. The average Bonchev–Trinajstić information content (AvgIpc) is 3.29. The molecule has 0 aliphatic heterocycles. The van der Waals surface area contributed by atoms with Crippen molar-refractivity contribution < 1.29 is 9.00 Å². The zero-order chi connectivity index (χ0) is 21.8. The number of aromatic nitrogens is 1. The lowest BCUT2D eigenvalue weighted by Crippen LogP contribution is -2.17. The first kappa shape index (κ1) is 21.0. The molecule has 0 fully saturated rings. The maximum atomic E-state index is 13.4. The van der Waals surface area contributed by atoms with Crippen LogP contribution >= 0.6 is 0 Å². The number of benzene rings is 3. The van der Waals surface area contributed by atoms with Crippen molar-refractivity contribution in [2.75, 3.05) is 0 Å². The fraction of sp³-hybridized carbons (Fsp3) is 0.148. The molecule has 1 heterocycles. The van der Waals surface area contributed by atoms with Gasteiger partial charge in [-0.15, -0.1) is 0 Å². The molecule has 0 amide bonds. The summed E-state index contributed by atoms with van der Waals surface area (Å²) >= 11 is 0. The Bertz CT molecular complexity index is 1190. The van der Waals surface area contributed by atoms with Crippen LogP contribution in [0.4, 0.5) is 0 Å². The lowest BCUT2D eigenvalue weighted by atomic mass is 9.88. The SMILES string of the molecule is Cc1ccc([C@H](CC(=O)n2cccc2[S@@](=O)c2ccc(C)cc2)c2ccccc2)cc1. The molecule has 3 nitrogen and oxygen atoms in total. The fourth-order valence-corrected chi connectivity index (χ4v) is 4.86. The molecule has 0 saturated carbocycles. The Morgan fingerprint density at radius 2 is 1.35 bits per heavy atom. The van der Waals surface area contributed by atoms with Gasteiger partial charge in [-0.1, -0.05) is 77.9 Å². The summed E-state index contributed by atoms with van der Waals surface area (Å²) in [6, 6.07) is 29.5. The smallest absolute Gasteiger partial charge is 0.232 e. The molecule has 4 rings (SSSR count). The van der Waals surface area contributed by atoms with E-state index in [1.807, 2.05) is 49.4 Å². The van der Waals surface area contributed by atoms with Crippen molar-refractivity contribution in [3.8, 4) is 0 Å². The standard InChI is InChI=1S/C27H25NO2S/c1-20-10-14-23(15-11-20)25(22-7-4-3-5-8-22)19-26(29)28-18-6-9-27(28)31(30)24-16-12-21(2)13-17-24/h3-18,25H,19H2,1-2H3/t25-,31+/m1/s1. The third kappa shape index (κ3) is 4.75. The molecule has 0 unspecified atom stereocenters. The van der Waals surface area contributed by atoms with Gasteiger partial charge in [-0.25, -0.2) is 4.21 Å². The second-order valence-corrected chi connectivity index (χ2v) is 9.20. The average molecular weight is 428 g/mol. The Kier molecular flexibility index (Phi) is 6.28. The fourth-order valence-electron chi connectivity index (χ4n) is 3.69. The van der Waals surface area contributed by atoms with E-state index in [1.165, 1.54) is 5.56 Å². The minimum Gasteiger partial charge on any atom is -0.279 e. The largest absolute Gasteiger partial charge is 0.279 e. The quantitative estimate of drug-likeness (QED) is 0.371. The molecular formula is C27H25NO2S. The van der Waals surface area contributed by atoms with Crippen LogP contribution in [0.5, 0.6) is 0 Å². The minimum absolute atomic E-state index is 0.0719. The van der Waals surface area contributed by atoms with Crippen LogP contribution in [0.2, 0.25) is 0 Å². The summed E-state index contributed by atoms with van der Waals surface area (Å²) in [6.07, 6.45) is 2.00. The summed E-state index contributed by atoms with van der Waals surface area (Å²) in [6.45, 7) is 4.05. The highest BCUT2D eigenvalue weighted by Gasteiger charge is 2.22. The van der Waals surface area contributed by atoms with E-state index in [1.54, 1.807) is 22.9 Å². The summed E-state index contributed by atoms with van der Waals surface area (Å²) in [5.74, 6) is -0.146. The summed E-state index contributed by atoms with van der Waals surface area (Å²) in [5.41, 5.74) is 4.48. The number of rotatable bonds is 6. The molecule has 4 heteroatoms. The second-order valence-electron chi connectivity index (χ2n) is 7.77. The summed E-state index contributed by atoms with van der Waals surface area (Å²) in [7, 11) is -1.42. The molecule has 0 bridgehead atoms. The Balaban J connectivity index is 1.64.